The van der Waals surface area contributed by atoms with Crippen LogP contribution >= 0.6 is 0 Å². The summed E-state index contributed by atoms with van der Waals surface area (Å²) in [5.41, 5.74) is 1.33. The lowest BCUT2D eigenvalue weighted by molar-refractivity contribution is -0.121. The minimum atomic E-state index is -0.418. The normalized spacial score (nSPS) is 29.8. The van der Waals surface area contributed by atoms with Crippen molar-refractivity contribution in [2.45, 2.75) is 58.5 Å². The van der Waals surface area contributed by atoms with E-state index in [-0.39, 0.29) is 5.91 Å². The van der Waals surface area contributed by atoms with Gasteiger partial charge in [-0.25, -0.2) is 4.68 Å². The molecule has 1 aromatic rings. The summed E-state index contributed by atoms with van der Waals surface area (Å²) in [4.78, 5) is 12.5. The molecule has 1 spiro atoms. The van der Waals surface area contributed by atoms with E-state index in [1.165, 1.54) is 0 Å². The summed E-state index contributed by atoms with van der Waals surface area (Å²) in [7, 11) is 0. The predicted molar refractivity (Wildman–Crippen MR) is 75.3 cm³/mol. The molecule has 1 aliphatic heterocycles. The largest absolute Gasteiger partial charge is 0.354 e. The number of nitrogens with zero attached hydrogens (tertiary/aromatic N) is 2. The summed E-state index contributed by atoms with van der Waals surface area (Å²) in [6.07, 6.45) is 4.03. The van der Waals surface area contributed by atoms with E-state index in [1.807, 2.05) is 11.6 Å². The monoisotopic (exact) mass is 262 g/mol. The Morgan fingerprint density at radius 2 is 2.11 bits per heavy atom. The van der Waals surface area contributed by atoms with Gasteiger partial charge in [0, 0.05) is 6.54 Å². The average molecular weight is 262 g/mol. The number of aryl methyl sites for hydroxylation is 2. The van der Waals surface area contributed by atoms with E-state index in [4.69, 9.17) is 0 Å². The molecule has 0 radical (unpaired) electrons. The Bertz CT molecular complexity index is 512. The summed E-state index contributed by atoms with van der Waals surface area (Å²) in [5.74, 6) is 1.82. The van der Waals surface area contributed by atoms with Crippen LogP contribution in [0.2, 0.25) is 0 Å². The molecule has 0 aromatic carbocycles. The van der Waals surface area contributed by atoms with Crippen molar-refractivity contribution in [1.82, 2.24) is 9.78 Å². The van der Waals surface area contributed by atoms with Crippen LogP contribution in [0.4, 0.5) is 11.5 Å². The molecule has 5 nitrogen and oxygen atoms in total. The number of nitrogens with one attached hydrogen (secondary N) is 2. The van der Waals surface area contributed by atoms with Gasteiger partial charge in [-0.1, -0.05) is 6.92 Å². The van der Waals surface area contributed by atoms with Crippen LogP contribution in [0.15, 0.2) is 0 Å². The molecule has 0 saturated heterocycles. The molecule has 0 atom stereocenters. The molecule has 0 unspecified atom stereocenters. The van der Waals surface area contributed by atoms with Gasteiger partial charge in [-0.2, -0.15) is 5.10 Å². The summed E-state index contributed by atoms with van der Waals surface area (Å²) in [6.45, 7) is 7.08. The Morgan fingerprint density at radius 1 is 1.42 bits per heavy atom. The molecule has 104 valence electrons. The van der Waals surface area contributed by atoms with E-state index in [9.17, 15) is 4.79 Å². The van der Waals surface area contributed by atoms with Crippen LogP contribution in [-0.4, -0.2) is 21.2 Å². The molecule has 1 aliphatic carbocycles. The summed E-state index contributed by atoms with van der Waals surface area (Å²) in [6, 6.07) is 0. The number of hydrogen-bond acceptors (Lipinski definition) is 3. The van der Waals surface area contributed by atoms with Crippen molar-refractivity contribution in [1.29, 1.82) is 0 Å². The third-order valence-electron chi connectivity index (χ3n) is 4.59. The first-order chi connectivity index (χ1) is 9.05. The average Bonchev–Trinajstić information content (AvgIpc) is 2.70. The first kappa shape index (κ1) is 12.5. The van der Waals surface area contributed by atoms with Gasteiger partial charge in [-0.15, -0.1) is 0 Å². The number of hydrogen-bond donors (Lipinski definition) is 2. The maximum atomic E-state index is 12.5. The molecule has 3 rings (SSSR count). The zero-order valence-corrected chi connectivity index (χ0v) is 11.9. The van der Waals surface area contributed by atoms with Gasteiger partial charge in [0.25, 0.3) is 0 Å². The fraction of sp³-hybridized carbons (Fsp3) is 0.714. The zero-order chi connectivity index (χ0) is 13.6. The van der Waals surface area contributed by atoms with Crippen LogP contribution in [0.5, 0.6) is 0 Å². The molecule has 1 aromatic heterocycles. The van der Waals surface area contributed by atoms with Gasteiger partial charge >= 0.3 is 0 Å². The summed E-state index contributed by atoms with van der Waals surface area (Å²) >= 11 is 0. The van der Waals surface area contributed by atoms with Crippen LogP contribution in [0.1, 0.15) is 45.2 Å². The Balaban J connectivity index is 1.97. The lowest BCUT2D eigenvalue weighted by Crippen LogP contribution is -2.54. The fourth-order valence-corrected chi connectivity index (χ4v) is 3.21. The van der Waals surface area contributed by atoms with E-state index >= 15 is 0 Å². The number of amides is 1. The van der Waals surface area contributed by atoms with Crippen molar-refractivity contribution in [3.8, 4) is 0 Å². The Morgan fingerprint density at radius 3 is 2.74 bits per heavy atom. The minimum Gasteiger partial charge on any atom is -0.354 e. The number of rotatable bonds is 1. The Labute approximate surface area is 113 Å². The van der Waals surface area contributed by atoms with Crippen LogP contribution < -0.4 is 10.6 Å². The highest BCUT2D eigenvalue weighted by molar-refractivity contribution is 6.06. The van der Waals surface area contributed by atoms with Crippen molar-refractivity contribution in [2.24, 2.45) is 5.92 Å². The van der Waals surface area contributed by atoms with Crippen molar-refractivity contribution >= 4 is 17.4 Å². The molecule has 1 fully saturated rings. The van der Waals surface area contributed by atoms with Crippen LogP contribution in [0.25, 0.3) is 0 Å². The number of carbonyl (C=O) groups is 1. The van der Waals surface area contributed by atoms with Crippen molar-refractivity contribution < 1.29 is 4.79 Å². The molecule has 2 N–H and O–H groups in total. The second-order valence-electron chi connectivity index (χ2n) is 5.97. The molecule has 2 heterocycles. The number of carbonyl (C=O) groups excluding carboxylic acids is 1. The van der Waals surface area contributed by atoms with Gasteiger partial charge in [-0.05, 0) is 45.4 Å². The number of aromatic nitrogens is 2. The van der Waals surface area contributed by atoms with Gasteiger partial charge in [0.2, 0.25) is 5.91 Å². The molecule has 1 saturated carbocycles. The zero-order valence-electron chi connectivity index (χ0n) is 11.9. The summed E-state index contributed by atoms with van der Waals surface area (Å²) < 4.78 is 1.95. The van der Waals surface area contributed by atoms with Crippen LogP contribution in [-0.2, 0) is 11.3 Å². The van der Waals surface area contributed by atoms with E-state index in [2.05, 4.69) is 29.6 Å². The van der Waals surface area contributed by atoms with Crippen LogP contribution in [0.3, 0.4) is 0 Å². The van der Waals surface area contributed by atoms with E-state index in [1.54, 1.807) is 0 Å². The maximum Gasteiger partial charge on any atom is 0.250 e. The highest BCUT2D eigenvalue weighted by Crippen LogP contribution is 2.41. The van der Waals surface area contributed by atoms with E-state index in [0.717, 1.165) is 55.3 Å². The second-order valence-corrected chi connectivity index (χ2v) is 5.97. The molecule has 5 heteroatoms. The maximum absolute atomic E-state index is 12.5. The molecular weight excluding hydrogens is 240 g/mol. The topological polar surface area (TPSA) is 59.0 Å². The Kier molecular flexibility index (Phi) is 2.80. The third-order valence-corrected chi connectivity index (χ3v) is 4.59. The molecule has 19 heavy (non-hydrogen) atoms. The first-order valence-electron chi connectivity index (χ1n) is 7.23. The predicted octanol–water partition coefficient (Wildman–Crippen LogP) is 2.52. The first-order valence-corrected chi connectivity index (χ1v) is 7.23. The molecule has 0 bridgehead atoms. The van der Waals surface area contributed by atoms with Crippen LogP contribution in [0, 0.1) is 12.8 Å². The lowest BCUT2D eigenvalue weighted by atomic mass is 9.75. The van der Waals surface area contributed by atoms with Gasteiger partial charge in [0.1, 0.15) is 17.0 Å². The van der Waals surface area contributed by atoms with Gasteiger partial charge < -0.3 is 10.6 Å². The summed E-state index contributed by atoms with van der Waals surface area (Å²) in [5, 5.41) is 11.1. The number of anilines is 2. The van der Waals surface area contributed by atoms with Gasteiger partial charge in [0.05, 0.1) is 5.69 Å². The van der Waals surface area contributed by atoms with Gasteiger partial charge in [0.15, 0.2) is 0 Å². The highest BCUT2D eigenvalue weighted by Gasteiger charge is 2.45. The van der Waals surface area contributed by atoms with Crippen molar-refractivity contribution in [2.75, 3.05) is 10.6 Å². The fourth-order valence-electron chi connectivity index (χ4n) is 3.21. The standard InChI is InChI=1S/C14H22N4O/c1-4-18-12-11(10(3)17-18)15-13(19)14(16-12)7-5-9(2)6-8-14/h9,16H,4-8H2,1-3H3,(H,15,19). The highest BCUT2D eigenvalue weighted by atomic mass is 16.2. The second kappa shape index (κ2) is 4.25. The quantitative estimate of drug-likeness (QED) is 0.817. The van der Waals surface area contributed by atoms with Crippen molar-refractivity contribution in [3.05, 3.63) is 5.69 Å². The Hall–Kier alpha value is -1.52. The molecule has 2 aliphatic rings. The van der Waals surface area contributed by atoms with E-state index in [0.29, 0.717) is 0 Å². The lowest BCUT2D eigenvalue weighted by Gasteiger charge is -2.42. The molecule has 1 amide bonds. The minimum absolute atomic E-state index is 0.116. The smallest absolute Gasteiger partial charge is 0.250 e. The molecular formula is C14H22N4O. The van der Waals surface area contributed by atoms with E-state index < -0.39 is 5.54 Å². The number of fused-ring (bicyclic) bond motifs is 1. The van der Waals surface area contributed by atoms with Crippen molar-refractivity contribution in [3.63, 3.8) is 0 Å². The van der Waals surface area contributed by atoms with Gasteiger partial charge in [-0.3, -0.25) is 4.79 Å². The third kappa shape index (κ3) is 1.83. The SMILES string of the molecule is CCn1nc(C)c2c1NC1(CCC(C)CC1)C(=O)N2.